The van der Waals surface area contributed by atoms with Gasteiger partial charge in [-0.3, -0.25) is 0 Å². The SMILES string of the molecule is CCSc1ccc(NC(C#N)=C(C#N)C#N)cc1. The van der Waals surface area contributed by atoms with Gasteiger partial charge in [0, 0.05) is 10.6 Å². The van der Waals surface area contributed by atoms with Crippen molar-refractivity contribution in [3.05, 3.63) is 35.5 Å². The van der Waals surface area contributed by atoms with Crippen molar-refractivity contribution in [1.82, 2.24) is 0 Å². The highest BCUT2D eigenvalue weighted by molar-refractivity contribution is 7.99. The first-order valence-corrected chi connectivity index (χ1v) is 6.18. The maximum Gasteiger partial charge on any atom is 0.163 e. The van der Waals surface area contributed by atoms with E-state index >= 15 is 0 Å². The molecule has 18 heavy (non-hydrogen) atoms. The number of rotatable bonds is 4. The van der Waals surface area contributed by atoms with Crippen LogP contribution in [0.1, 0.15) is 6.92 Å². The Morgan fingerprint density at radius 3 is 2.17 bits per heavy atom. The first-order valence-electron chi connectivity index (χ1n) is 5.19. The quantitative estimate of drug-likeness (QED) is 0.659. The minimum Gasteiger partial charge on any atom is -0.345 e. The summed E-state index contributed by atoms with van der Waals surface area (Å²) in [5.41, 5.74) is 0.426. The summed E-state index contributed by atoms with van der Waals surface area (Å²) in [7, 11) is 0. The van der Waals surface area contributed by atoms with Crippen LogP contribution in [0.25, 0.3) is 0 Å². The molecule has 1 N–H and O–H groups in total. The zero-order valence-corrected chi connectivity index (χ0v) is 10.6. The van der Waals surface area contributed by atoms with Crippen LogP contribution in [0.3, 0.4) is 0 Å². The number of nitriles is 3. The van der Waals surface area contributed by atoms with E-state index in [2.05, 4.69) is 12.2 Å². The molecule has 0 saturated carbocycles. The van der Waals surface area contributed by atoms with Crippen molar-refractivity contribution in [3.63, 3.8) is 0 Å². The molecule has 0 amide bonds. The second-order valence-electron chi connectivity index (χ2n) is 3.17. The summed E-state index contributed by atoms with van der Waals surface area (Å²) in [6.45, 7) is 2.07. The Kier molecular flexibility index (Phi) is 5.32. The van der Waals surface area contributed by atoms with Gasteiger partial charge in [-0.2, -0.15) is 15.8 Å². The Hall–Kier alpha value is -2.42. The summed E-state index contributed by atoms with van der Waals surface area (Å²) in [4.78, 5) is 1.13. The van der Waals surface area contributed by atoms with E-state index in [1.165, 1.54) is 0 Å². The summed E-state index contributed by atoms with van der Waals surface area (Å²) in [6.07, 6.45) is 0. The highest BCUT2D eigenvalue weighted by Gasteiger charge is 2.05. The molecule has 0 aliphatic rings. The minimum atomic E-state index is -0.218. The topological polar surface area (TPSA) is 83.4 Å². The third kappa shape index (κ3) is 3.56. The zero-order valence-electron chi connectivity index (χ0n) is 9.77. The van der Waals surface area contributed by atoms with E-state index in [0.717, 1.165) is 10.6 Å². The van der Waals surface area contributed by atoms with E-state index in [-0.39, 0.29) is 11.3 Å². The molecule has 1 rings (SSSR count). The van der Waals surface area contributed by atoms with Crippen molar-refractivity contribution in [1.29, 1.82) is 15.8 Å². The number of nitrogens with zero attached hydrogens (tertiary/aromatic N) is 3. The number of hydrogen-bond donors (Lipinski definition) is 1. The largest absolute Gasteiger partial charge is 0.345 e. The Balaban J connectivity index is 2.92. The fourth-order valence-corrected chi connectivity index (χ4v) is 1.89. The fraction of sp³-hybridized carbons (Fsp3) is 0.154. The molecule has 0 unspecified atom stereocenters. The molecular weight excluding hydrogens is 244 g/mol. The van der Waals surface area contributed by atoms with E-state index < -0.39 is 0 Å². The first-order chi connectivity index (χ1) is 8.74. The number of nitrogens with one attached hydrogen (secondary N) is 1. The van der Waals surface area contributed by atoms with Gasteiger partial charge in [-0.1, -0.05) is 6.92 Å². The third-order valence-corrected chi connectivity index (χ3v) is 2.91. The average Bonchev–Trinajstić information content (AvgIpc) is 2.41. The molecule has 1 aromatic rings. The highest BCUT2D eigenvalue weighted by Crippen LogP contribution is 2.20. The van der Waals surface area contributed by atoms with Crippen molar-refractivity contribution < 1.29 is 0 Å². The van der Waals surface area contributed by atoms with Gasteiger partial charge >= 0.3 is 0 Å². The molecule has 5 heteroatoms. The molecule has 88 valence electrons. The maximum atomic E-state index is 8.88. The van der Waals surface area contributed by atoms with Crippen molar-refractivity contribution in [2.24, 2.45) is 0 Å². The summed E-state index contributed by atoms with van der Waals surface area (Å²) in [5.74, 6) is 0.989. The molecule has 0 atom stereocenters. The van der Waals surface area contributed by atoms with E-state index in [4.69, 9.17) is 15.8 Å². The lowest BCUT2D eigenvalue weighted by Crippen LogP contribution is -2.00. The van der Waals surface area contributed by atoms with Crippen LogP contribution in [0, 0.1) is 34.0 Å². The molecule has 0 aromatic heterocycles. The van der Waals surface area contributed by atoms with Crippen LogP contribution in [-0.4, -0.2) is 5.75 Å². The third-order valence-electron chi connectivity index (χ3n) is 2.02. The van der Waals surface area contributed by atoms with Crippen LogP contribution in [-0.2, 0) is 0 Å². The second kappa shape index (κ2) is 7.01. The van der Waals surface area contributed by atoms with Crippen molar-refractivity contribution in [2.45, 2.75) is 11.8 Å². The van der Waals surface area contributed by atoms with Crippen molar-refractivity contribution >= 4 is 17.4 Å². The van der Waals surface area contributed by atoms with E-state index in [9.17, 15) is 0 Å². The van der Waals surface area contributed by atoms with Gasteiger partial charge in [0.25, 0.3) is 0 Å². The minimum absolute atomic E-state index is 0.0316. The summed E-state index contributed by atoms with van der Waals surface area (Å²) >= 11 is 1.71. The fourth-order valence-electron chi connectivity index (χ4n) is 1.23. The smallest absolute Gasteiger partial charge is 0.163 e. The van der Waals surface area contributed by atoms with Crippen LogP contribution in [0.4, 0.5) is 5.69 Å². The molecule has 1 aromatic carbocycles. The predicted octanol–water partition coefficient (Wildman–Crippen LogP) is 3.04. The van der Waals surface area contributed by atoms with Crippen LogP contribution in [0.5, 0.6) is 0 Å². The van der Waals surface area contributed by atoms with Crippen LogP contribution in [0.15, 0.2) is 40.4 Å². The number of hydrogen-bond acceptors (Lipinski definition) is 5. The summed E-state index contributed by atoms with van der Waals surface area (Å²) < 4.78 is 0. The monoisotopic (exact) mass is 254 g/mol. The maximum absolute atomic E-state index is 8.88. The Morgan fingerprint density at radius 2 is 1.72 bits per heavy atom. The molecule has 0 radical (unpaired) electrons. The lowest BCUT2D eigenvalue weighted by Gasteiger charge is -2.05. The van der Waals surface area contributed by atoms with Crippen molar-refractivity contribution in [2.75, 3.05) is 11.1 Å². The molecule has 0 bridgehead atoms. The molecule has 0 aliphatic carbocycles. The molecule has 0 aliphatic heterocycles. The standard InChI is InChI=1S/C13H10N4S/c1-2-18-12-5-3-11(4-6-12)17-13(9-16)10(7-14)8-15/h3-6,17H,2H2,1H3. The summed E-state index contributed by atoms with van der Waals surface area (Å²) in [6, 6.07) is 12.6. The highest BCUT2D eigenvalue weighted by atomic mass is 32.2. The molecule has 0 fully saturated rings. The predicted molar refractivity (Wildman–Crippen MR) is 70.3 cm³/mol. The van der Waals surface area contributed by atoms with E-state index in [1.54, 1.807) is 23.9 Å². The molecule has 0 spiro atoms. The number of benzene rings is 1. The normalized spacial score (nSPS) is 8.56. The lowest BCUT2D eigenvalue weighted by molar-refractivity contribution is 1.36. The van der Waals surface area contributed by atoms with Crippen LogP contribution in [0.2, 0.25) is 0 Å². The van der Waals surface area contributed by atoms with Crippen LogP contribution < -0.4 is 5.32 Å². The van der Waals surface area contributed by atoms with E-state index in [1.807, 2.05) is 30.3 Å². The van der Waals surface area contributed by atoms with Gasteiger partial charge < -0.3 is 5.32 Å². The van der Waals surface area contributed by atoms with Gasteiger partial charge in [0.2, 0.25) is 0 Å². The average molecular weight is 254 g/mol. The summed E-state index contributed by atoms with van der Waals surface area (Å²) in [5, 5.41) is 29.0. The number of thioether (sulfide) groups is 1. The first kappa shape index (κ1) is 13.6. The second-order valence-corrected chi connectivity index (χ2v) is 4.51. The van der Waals surface area contributed by atoms with Gasteiger partial charge in [-0.05, 0) is 30.0 Å². The van der Waals surface area contributed by atoms with Gasteiger partial charge in [0.15, 0.2) is 5.57 Å². The number of allylic oxidation sites excluding steroid dienone is 2. The Morgan fingerprint density at radius 1 is 1.11 bits per heavy atom. The number of anilines is 1. The molecular formula is C13H10N4S. The van der Waals surface area contributed by atoms with Gasteiger partial charge in [0.1, 0.15) is 23.9 Å². The van der Waals surface area contributed by atoms with Crippen LogP contribution >= 0.6 is 11.8 Å². The van der Waals surface area contributed by atoms with Gasteiger partial charge in [-0.15, -0.1) is 11.8 Å². The molecule has 4 nitrogen and oxygen atoms in total. The zero-order chi connectivity index (χ0) is 13.4. The van der Waals surface area contributed by atoms with Gasteiger partial charge in [0.05, 0.1) is 0 Å². The van der Waals surface area contributed by atoms with Gasteiger partial charge in [-0.25, -0.2) is 0 Å². The Labute approximate surface area is 110 Å². The van der Waals surface area contributed by atoms with Crippen molar-refractivity contribution in [3.8, 4) is 18.2 Å². The molecule has 0 saturated heterocycles. The van der Waals surface area contributed by atoms with E-state index in [0.29, 0.717) is 5.69 Å². The Bertz CT molecular complexity index is 551. The molecule has 0 heterocycles. The lowest BCUT2D eigenvalue weighted by atomic mass is 10.2.